The zero-order valence-electron chi connectivity index (χ0n) is 19.5. The Kier molecular flexibility index (Phi) is 6.12. The number of aromatic carboxylic acids is 1. The van der Waals surface area contributed by atoms with Crippen LogP contribution in [0.2, 0.25) is 0 Å². The topological polar surface area (TPSA) is 115 Å². The van der Waals surface area contributed by atoms with E-state index in [0.717, 1.165) is 0 Å². The molecule has 4 aromatic rings. The molecule has 200 valence electrons. The van der Waals surface area contributed by atoms with Crippen LogP contribution in [0.4, 0.5) is 26.3 Å². The van der Waals surface area contributed by atoms with E-state index in [2.05, 4.69) is 0 Å². The SMILES string of the molecule is Cn1c(=N)n(C)c2cc(-n3cc(C(=O)O)c(=O)n(Cc4cccc(C(F)(F)F)c4C(F)(F)F)c3=O)ccc21. The number of benzene rings is 2. The number of hydrogen-bond acceptors (Lipinski definition) is 4. The van der Waals surface area contributed by atoms with E-state index in [-0.39, 0.29) is 21.9 Å². The average molecular weight is 541 g/mol. The number of alkyl halides is 6. The highest BCUT2D eigenvalue weighted by atomic mass is 19.4. The van der Waals surface area contributed by atoms with E-state index in [9.17, 15) is 45.8 Å². The van der Waals surface area contributed by atoms with Crippen molar-refractivity contribution < 1.29 is 36.2 Å². The van der Waals surface area contributed by atoms with Gasteiger partial charge in [0, 0.05) is 20.3 Å². The zero-order chi connectivity index (χ0) is 28.3. The molecule has 4 rings (SSSR count). The number of nitrogens with zero attached hydrogens (tertiary/aromatic N) is 4. The van der Waals surface area contributed by atoms with Gasteiger partial charge >= 0.3 is 24.0 Å². The number of aryl methyl sites for hydroxylation is 2. The van der Waals surface area contributed by atoms with Crippen LogP contribution in [0.3, 0.4) is 0 Å². The van der Waals surface area contributed by atoms with E-state index in [1.54, 1.807) is 14.1 Å². The number of carbonyl (C=O) groups is 1. The molecule has 0 spiro atoms. The zero-order valence-corrected chi connectivity index (χ0v) is 19.5. The first-order chi connectivity index (χ1) is 17.5. The molecule has 2 aromatic carbocycles. The van der Waals surface area contributed by atoms with E-state index in [1.165, 1.54) is 27.3 Å². The van der Waals surface area contributed by atoms with Crippen LogP contribution in [0.1, 0.15) is 27.0 Å². The van der Waals surface area contributed by atoms with Crippen molar-refractivity contribution in [3.05, 3.63) is 91.3 Å². The summed E-state index contributed by atoms with van der Waals surface area (Å²) in [7, 11) is 3.15. The first-order valence-corrected chi connectivity index (χ1v) is 10.6. The quantitative estimate of drug-likeness (QED) is 0.387. The van der Waals surface area contributed by atoms with Gasteiger partial charge < -0.3 is 14.2 Å². The fourth-order valence-corrected chi connectivity index (χ4v) is 4.21. The molecule has 0 atom stereocenters. The molecule has 2 N–H and O–H groups in total. The maximum absolute atomic E-state index is 13.7. The minimum Gasteiger partial charge on any atom is -0.477 e. The minimum absolute atomic E-state index is 0.0000343. The summed E-state index contributed by atoms with van der Waals surface area (Å²) in [5.41, 5.74) is -7.88. The molecule has 0 aliphatic rings. The number of nitrogens with one attached hydrogen (secondary N) is 1. The van der Waals surface area contributed by atoms with Gasteiger partial charge in [0.1, 0.15) is 5.56 Å². The second kappa shape index (κ2) is 8.78. The molecule has 0 unspecified atom stereocenters. The lowest BCUT2D eigenvalue weighted by Gasteiger charge is -2.20. The number of imidazole rings is 1. The Morgan fingerprint density at radius 2 is 1.58 bits per heavy atom. The molecule has 0 bridgehead atoms. The van der Waals surface area contributed by atoms with E-state index in [1.807, 2.05) is 0 Å². The molecule has 0 aliphatic carbocycles. The van der Waals surface area contributed by atoms with Crippen molar-refractivity contribution in [2.75, 3.05) is 0 Å². The van der Waals surface area contributed by atoms with Crippen LogP contribution in [0, 0.1) is 5.41 Å². The molecule has 0 saturated carbocycles. The molecule has 0 fully saturated rings. The number of halogens is 6. The second-order valence-corrected chi connectivity index (χ2v) is 8.34. The summed E-state index contributed by atoms with van der Waals surface area (Å²) in [4.78, 5) is 37.9. The van der Waals surface area contributed by atoms with Crippen LogP contribution in [0.15, 0.2) is 52.2 Å². The Labute approximate surface area is 207 Å². The fraction of sp³-hybridized carbons (Fsp3) is 0.217. The number of aromatic nitrogens is 4. The van der Waals surface area contributed by atoms with Gasteiger partial charge in [-0.25, -0.2) is 9.59 Å². The summed E-state index contributed by atoms with van der Waals surface area (Å²) < 4.78 is 85.1. The van der Waals surface area contributed by atoms with Crippen molar-refractivity contribution in [2.24, 2.45) is 14.1 Å². The van der Waals surface area contributed by atoms with Gasteiger partial charge in [0.05, 0.1) is 34.4 Å². The van der Waals surface area contributed by atoms with E-state index in [4.69, 9.17) is 5.41 Å². The van der Waals surface area contributed by atoms with Crippen molar-refractivity contribution in [1.29, 1.82) is 5.41 Å². The molecule has 0 saturated heterocycles. The van der Waals surface area contributed by atoms with Crippen molar-refractivity contribution in [2.45, 2.75) is 18.9 Å². The molecule has 0 aliphatic heterocycles. The van der Waals surface area contributed by atoms with Crippen LogP contribution in [-0.2, 0) is 33.0 Å². The Balaban J connectivity index is 2.01. The molecule has 15 heteroatoms. The largest absolute Gasteiger partial charge is 0.477 e. The molecule has 2 heterocycles. The lowest BCUT2D eigenvalue weighted by Crippen LogP contribution is -2.42. The van der Waals surface area contributed by atoms with Gasteiger partial charge in [-0.2, -0.15) is 26.3 Å². The van der Waals surface area contributed by atoms with E-state index in [0.29, 0.717) is 33.9 Å². The third kappa shape index (κ3) is 4.29. The summed E-state index contributed by atoms with van der Waals surface area (Å²) >= 11 is 0. The molecule has 2 aromatic heterocycles. The van der Waals surface area contributed by atoms with Crippen LogP contribution in [0.5, 0.6) is 0 Å². The molecule has 38 heavy (non-hydrogen) atoms. The Hall–Kier alpha value is -4.56. The minimum atomic E-state index is -5.50. The van der Waals surface area contributed by atoms with E-state index < -0.39 is 58.4 Å². The first-order valence-electron chi connectivity index (χ1n) is 10.6. The maximum Gasteiger partial charge on any atom is 0.417 e. The predicted octanol–water partition coefficient (Wildman–Crippen LogP) is 3.09. The summed E-state index contributed by atoms with van der Waals surface area (Å²) in [5.74, 6) is -1.81. The van der Waals surface area contributed by atoms with Crippen LogP contribution >= 0.6 is 0 Å². The third-order valence-electron chi connectivity index (χ3n) is 6.06. The fourth-order valence-electron chi connectivity index (χ4n) is 4.21. The normalized spacial score (nSPS) is 12.3. The highest BCUT2D eigenvalue weighted by molar-refractivity contribution is 5.87. The average Bonchev–Trinajstić information content (AvgIpc) is 3.03. The highest BCUT2D eigenvalue weighted by Crippen LogP contribution is 2.42. The summed E-state index contributed by atoms with van der Waals surface area (Å²) in [5, 5.41) is 17.6. The van der Waals surface area contributed by atoms with Crippen molar-refractivity contribution >= 4 is 17.0 Å². The van der Waals surface area contributed by atoms with Gasteiger partial charge in [0.2, 0.25) is 5.62 Å². The Morgan fingerprint density at radius 1 is 0.947 bits per heavy atom. The van der Waals surface area contributed by atoms with E-state index >= 15 is 0 Å². The summed E-state index contributed by atoms with van der Waals surface area (Å²) in [6.07, 6.45) is -10.2. The number of fused-ring (bicyclic) bond motifs is 1. The van der Waals surface area contributed by atoms with Gasteiger partial charge in [-0.1, -0.05) is 12.1 Å². The molecular weight excluding hydrogens is 524 g/mol. The van der Waals surface area contributed by atoms with Crippen molar-refractivity contribution in [3.8, 4) is 5.69 Å². The maximum atomic E-state index is 13.7. The Bertz CT molecular complexity index is 1790. The van der Waals surface area contributed by atoms with Gasteiger partial charge in [-0.05, 0) is 29.8 Å². The van der Waals surface area contributed by atoms with Gasteiger partial charge in [-0.3, -0.25) is 19.3 Å². The van der Waals surface area contributed by atoms with Crippen LogP contribution in [-0.4, -0.2) is 29.3 Å². The van der Waals surface area contributed by atoms with Crippen LogP contribution in [0.25, 0.3) is 16.7 Å². The summed E-state index contributed by atoms with van der Waals surface area (Å²) in [6.45, 7) is -1.28. The molecule has 0 amide bonds. The van der Waals surface area contributed by atoms with Crippen molar-refractivity contribution in [1.82, 2.24) is 18.3 Å². The summed E-state index contributed by atoms with van der Waals surface area (Å²) in [6, 6.07) is 5.83. The lowest BCUT2D eigenvalue weighted by atomic mass is 9.99. The Morgan fingerprint density at radius 3 is 2.16 bits per heavy atom. The smallest absolute Gasteiger partial charge is 0.417 e. The van der Waals surface area contributed by atoms with Crippen molar-refractivity contribution in [3.63, 3.8) is 0 Å². The standard InChI is InChI=1S/C23H17F6N5O4/c1-31-15-7-6-12(8-16(15)32(2)20(31)30)33-10-13(19(36)37)18(35)34(21(33)38)9-11-4-3-5-14(22(24,25)26)17(11)23(27,28)29/h3-8,10,30H,9H2,1-2H3,(H,36,37). The lowest BCUT2D eigenvalue weighted by molar-refractivity contribution is -0.162. The second-order valence-electron chi connectivity index (χ2n) is 8.34. The molecule has 9 nitrogen and oxygen atoms in total. The number of carboxylic acid groups (broad SMARTS) is 1. The van der Waals surface area contributed by atoms with Gasteiger partial charge in [-0.15, -0.1) is 0 Å². The number of rotatable bonds is 4. The molecule has 0 radical (unpaired) electrons. The number of carboxylic acids is 1. The first kappa shape index (κ1) is 26.5. The predicted molar refractivity (Wildman–Crippen MR) is 120 cm³/mol. The number of hydrogen-bond donors (Lipinski definition) is 2. The third-order valence-corrected chi connectivity index (χ3v) is 6.06. The van der Waals surface area contributed by atoms with Gasteiger partial charge in [0.15, 0.2) is 0 Å². The van der Waals surface area contributed by atoms with Gasteiger partial charge in [0.25, 0.3) is 5.56 Å². The highest BCUT2D eigenvalue weighted by Gasteiger charge is 2.44. The monoisotopic (exact) mass is 541 g/mol. The molecular formula is C23H17F6N5O4. The van der Waals surface area contributed by atoms with Crippen LogP contribution < -0.4 is 16.9 Å².